The van der Waals surface area contributed by atoms with E-state index in [2.05, 4.69) is 4.98 Å². The molecular formula is C34H47FN2O4. The quantitative estimate of drug-likeness (QED) is 0.332. The highest BCUT2D eigenvalue weighted by Crippen LogP contribution is 2.42. The largest absolute Gasteiger partial charge is 0.461 e. The predicted octanol–water partition coefficient (Wildman–Crippen LogP) is 6.97. The summed E-state index contributed by atoms with van der Waals surface area (Å²) in [5, 5.41) is 0.917. The molecule has 3 aliphatic rings. The van der Waals surface area contributed by atoms with Gasteiger partial charge in [0.25, 0.3) is 0 Å². The number of benzene rings is 1. The minimum atomic E-state index is -0.373. The van der Waals surface area contributed by atoms with Crippen molar-refractivity contribution in [2.75, 3.05) is 19.8 Å². The minimum Gasteiger partial charge on any atom is -0.461 e. The molecule has 224 valence electrons. The molecule has 0 bridgehead atoms. The molecule has 3 atom stereocenters. The Morgan fingerprint density at radius 2 is 1.78 bits per heavy atom. The minimum absolute atomic E-state index is 0.0530. The van der Waals surface area contributed by atoms with Gasteiger partial charge in [0, 0.05) is 29.8 Å². The first-order valence-electron chi connectivity index (χ1n) is 16.0. The van der Waals surface area contributed by atoms with E-state index < -0.39 is 0 Å². The van der Waals surface area contributed by atoms with Gasteiger partial charge in [0.05, 0.1) is 19.3 Å². The number of alkyl halides is 1. The number of hydrogen-bond acceptors (Lipinski definition) is 4. The van der Waals surface area contributed by atoms with Crippen LogP contribution in [0.2, 0.25) is 0 Å². The molecule has 41 heavy (non-hydrogen) atoms. The van der Waals surface area contributed by atoms with Gasteiger partial charge in [-0.3, -0.25) is 14.0 Å². The molecule has 2 aliphatic carbocycles. The molecule has 2 aromatic rings. The second-order valence-electron chi connectivity index (χ2n) is 12.9. The molecule has 6 nitrogen and oxygen atoms in total. The number of H-pyrrole nitrogens is 1. The lowest BCUT2D eigenvalue weighted by atomic mass is 9.74. The second-order valence-corrected chi connectivity index (χ2v) is 12.9. The van der Waals surface area contributed by atoms with Crippen LogP contribution in [-0.4, -0.2) is 53.4 Å². The maximum absolute atomic E-state index is 14.1. The van der Waals surface area contributed by atoms with Crippen molar-refractivity contribution in [3.8, 4) is 0 Å². The number of aromatic nitrogens is 1. The van der Waals surface area contributed by atoms with Crippen molar-refractivity contribution in [2.24, 2.45) is 29.6 Å². The van der Waals surface area contributed by atoms with Gasteiger partial charge in [-0.15, -0.1) is 0 Å². The number of Topliss-reactive ketones (excluding diaryl/α,β-unsaturated/α-hetero) is 1. The molecule has 0 radical (unpaired) electrons. The third-order valence-corrected chi connectivity index (χ3v) is 10.5. The van der Waals surface area contributed by atoms with E-state index in [1.807, 2.05) is 36.9 Å². The summed E-state index contributed by atoms with van der Waals surface area (Å²) in [6.45, 7) is 6.33. The monoisotopic (exact) mass is 566 g/mol. The van der Waals surface area contributed by atoms with E-state index in [-0.39, 0.29) is 54.6 Å². The van der Waals surface area contributed by atoms with E-state index in [0.29, 0.717) is 30.7 Å². The van der Waals surface area contributed by atoms with Gasteiger partial charge in [-0.2, -0.15) is 0 Å². The summed E-state index contributed by atoms with van der Waals surface area (Å²) in [6.07, 6.45) is 10.5. The Morgan fingerprint density at radius 1 is 1.05 bits per heavy atom. The molecule has 1 aromatic heterocycles. The summed E-state index contributed by atoms with van der Waals surface area (Å²) in [5.74, 6) is 0.971. The zero-order valence-electron chi connectivity index (χ0n) is 25.1. The number of carbonyl (C=O) groups excluding carboxylic acids is 3. The number of likely N-dealkylation sites (tertiary alicyclic amines) is 1. The molecule has 1 aliphatic heterocycles. The van der Waals surface area contributed by atoms with Crippen LogP contribution in [0.3, 0.4) is 0 Å². The summed E-state index contributed by atoms with van der Waals surface area (Å²) >= 11 is 0. The Bertz CT molecular complexity index is 1240. The second kappa shape index (κ2) is 13.1. The SMILES string of the molecule is CCOC(=O)c1[nH]c2ccc(CC(=O)[C@@H]3[C@H](C4CCCCC4)CCN3C(=O)C3CCC([C@H](C)CF)CC3)cc2c1C. The molecular weight excluding hydrogens is 519 g/mol. The van der Waals surface area contributed by atoms with Crippen LogP contribution in [0, 0.1) is 36.5 Å². The number of aromatic amines is 1. The van der Waals surface area contributed by atoms with Crippen LogP contribution >= 0.6 is 0 Å². The van der Waals surface area contributed by atoms with Gasteiger partial charge in [-0.25, -0.2) is 4.79 Å². The molecule has 1 saturated heterocycles. The van der Waals surface area contributed by atoms with Crippen LogP contribution in [0.1, 0.15) is 99.7 Å². The maximum Gasteiger partial charge on any atom is 0.355 e. The third-order valence-electron chi connectivity index (χ3n) is 10.5. The number of ether oxygens (including phenoxy) is 1. The Hall–Kier alpha value is -2.70. The molecule has 2 saturated carbocycles. The third kappa shape index (κ3) is 6.24. The summed E-state index contributed by atoms with van der Waals surface area (Å²) in [4.78, 5) is 45.6. The molecule has 5 rings (SSSR count). The van der Waals surface area contributed by atoms with Gasteiger partial charge >= 0.3 is 5.97 Å². The van der Waals surface area contributed by atoms with Crippen LogP contribution in [-0.2, 0) is 20.7 Å². The lowest BCUT2D eigenvalue weighted by Gasteiger charge is -2.37. The van der Waals surface area contributed by atoms with E-state index in [9.17, 15) is 18.8 Å². The van der Waals surface area contributed by atoms with Crippen LogP contribution in [0.5, 0.6) is 0 Å². The molecule has 1 N–H and O–H groups in total. The predicted molar refractivity (Wildman–Crippen MR) is 158 cm³/mol. The molecule has 3 fully saturated rings. The zero-order chi connectivity index (χ0) is 29.1. The van der Waals surface area contributed by atoms with Crippen molar-refractivity contribution >= 4 is 28.6 Å². The number of aryl methyl sites for hydroxylation is 1. The average molecular weight is 567 g/mol. The van der Waals surface area contributed by atoms with Gasteiger partial charge in [0.15, 0.2) is 5.78 Å². The first-order chi connectivity index (χ1) is 19.8. The smallest absolute Gasteiger partial charge is 0.355 e. The number of hydrogen-bond donors (Lipinski definition) is 1. The Labute approximate surface area is 243 Å². The number of rotatable bonds is 9. The zero-order valence-corrected chi connectivity index (χ0v) is 25.1. The first-order valence-corrected chi connectivity index (χ1v) is 16.0. The van der Waals surface area contributed by atoms with Crippen molar-refractivity contribution in [1.82, 2.24) is 9.88 Å². The topological polar surface area (TPSA) is 79.5 Å². The van der Waals surface area contributed by atoms with Gasteiger partial charge in [0.2, 0.25) is 5.91 Å². The van der Waals surface area contributed by atoms with Crippen molar-refractivity contribution in [2.45, 2.75) is 97.4 Å². The number of ketones is 1. The highest BCUT2D eigenvalue weighted by molar-refractivity contribution is 5.99. The fourth-order valence-electron chi connectivity index (χ4n) is 8.02. The highest BCUT2D eigenvalue weighted by Gasteiger charge is 2.46. The first kappa shape index (κ1) is 29.8. The lowest BCUT2D eigenvalue weighted by molar-refractivity contribution is -0.143. The van der Waals surface area contributed by atoms with Gasteiger partial charge < -0.3 is 14.6 Å². The fraction of sp³-hybridized carbons (Fsp3) is 0.676. The van der Waals surface area contributed by atoms with E-state index in [1.165, 1.54) is 19.3 Å². The molecule has 1 amide bonds. The highest BCUT2D eigenvalue weighted by atomic mass is 19.1. The molecule has 0 spiro atoms. The van der Waals surface area contributed by atoms with Crippen molar-refractivity contribution in [3.63, 3.8) is 0 Å². The van der Waals surface area contributed by atoms with Crippen molar-refractivity contribution in [3.05, 3.63) is 35.0 Å². The average Bonchev–Trinajstić information content (AvgIpc) is 3.59. The van der Waals surface area contributed by atoms with Crippen LogP contribution in [0.4, 0.5) is 4.39 Å². The summed E-state index contributed by atoms with van der Waals surface area (Å²) in [7, 11) is 0. The molecule has 1 aromatic carbocycles. The summed E-state index contributed by atoms with van der Waals surface area (Å²) in [6, 6.07) is 5.52. The number of fused-ring (bicyclic) bond motifs is 1. The van der Waals surface area contributed by atoms with Crippen LogP contribution in [0.25, 0.3) is 10.9 Å². The van der Waals surface area contributed by atoms with E-state index >= 15 is 0 Å². The lowest BCUT2D eigenvalue weighted by Crippen LogP contribution is -2.48. The molecule has 0 unspecified atom stereocenters. The molecule has 2 heterocycles. The Balaban J connectivity index is 1.35. The van der Waals surface area contributed by atoms with E-state index in [4.69, 9.17) is 4.74 Å². The van der Waals surface area contributed by atoms with Gasteiger partial charge in [-0.1, -0.05) is 45.1 Å². The van der Waals surface area contributed by atoms with E-state index in [1.54, 1.807) is 6.92 Å². The van der Waals surface area contributed by atoms with E-state index in [0.717, 1.165) is 67.0 Å². The Morgan fingerprint density at radius 3 is 2.46 bits per heavy atom. The number of carbonyl (C=O) groups is 3. The number of amides is 1. The number of halogens is 1. The fourth-order valence-corrected chi connectivity index (χ4v) is 8.02. The number of nitrogens with one attached hydrogen (secondary N) is 1. The summed E-state index contributed by atoms with van der Waals surface area (Å²) in [5.41, 5.74) is 3.02. The van der Waals surface area contributed by atoms with Crippen LogP contribution in [0.15, 0.2) is 18.2 Å². The Kier molecular flexibility index (Phi) is 9.50. The number of nitrogens with zero attached hydrogens (tertiary/aromatic N) is 1. The normalized spacial score (nSPS) is 26.3. The van der Waals surface area contributed by atoms with Crippen LogP contribution < -0.4 is 0 Å². The summed E-state index contributed by atoms with van der Waals surface area (Å²) < 4.78 is 18.5. The van der Waals surface area contributed by atoms with Gasteiger partial charge in [-0.05, 0) is 92.9 Å². The maximum atomic E-state index is 14.1. The van der Waals surface area contributed by atoms with Crippen molar-refractivity contribution < 1.29 is 23.5 Å². The van der Waals surface area contributed by atoms with Gasteiger partial charge in [0.1, 0.15) is 5.69 Å². The van der Waals surface area contributed by atoms with Crippen molar-refractivity contribution in [1.29, 1.82) is 0 Å². The molecule has 7 heteroatoms. The standard InChI is InChI=1S/C34H47FN2O4/c1-4-41-34(40)31-22(3)28-18-23(10-15-29(28)36-31)19-30(38)32-27(25-8-6-5-7-9-25)16-17-37(32)33(39)26-13-11-24(12-14-26)21(2)20-35/h10,15,18,21,24-27,32,36H,4-9,11-14,16-17,19-20H2,1-3H3/t21-,24?,26?,27+,32+/m1/s1. The number of esters is 1.